The molecule has 1 fully saturated rings. The molecule has 0 aromatic heterocycles. The molecule has 18 heavy (non-hydrogen) atoms. The molecule has 0 bridgehead atoms. The third-order valence-corrected chi connectivity index (χ3v) is 4.59. The summed E-state index contributed by atoms with van der Waals surface area (Å²) in [6.45, 7) is 12.2. The second-order valence-electron chi connectivity index (χ2n) is 5.42. The standard InChI is InChI=1S/C13H27N3OS/c1-5-16-8-7-15(10-13(16,3)4)12(17)11(14)9-18-6-2/h11H,5-10,14H2,1-4H3/t11-/m0/s1. The lowest BCUT2D eigenvalue weighted by Crippen LogP contribution is -2.62. The highest BCUT2D eigenvalue weighted by Crippen LogP contribution is 2.21. The molecule has 2 N–H and O–H groups in total. The first kappa shape index (κ1) is 15.8. The van der Waals surface area contributed by atoms with E-state index in [1.165, 1.54) is 0 Å². The average Bonchev–Trinajstić information content (AvgIpc) is 2.33. The van der Waals surface area contributed by atoms with Crippen molar-refractivity contribution in [3.8, 4) is 0 Å². The zero-order valence-corrected chi connectivity index (χ0v) is 12.9. The highest BCUT2D eigenvalue weighted by Gasteiger charge is 2.35. The van der Waals surface area contributed by atoms with Gasteiger partial charge >= 0.3 is 0 Å². The van der Waals surface area contributed by atoms with Crippen molar-refractivity contribution in [3.05, 3.63) is 0 Å². The van der Waals surface area contributed by atoms with Crippen LogP contribution in [0.4, 0.5) is 0 Å². The van der Waals surface area contributed by atoms with Gasteiger partial charge in [0, 0.05) is 30.9 Å². The summed E-state index contributed by atoms with van der Waals surface area (Å²) in [7, 11) is 0. The first-order valence-corrected chi connectivity index (χ1v) is 7.95. The Bertz CT molecular complexity index is 283. The highest BCUT2D eigenvalue weighted by atomic mass is 32.2. The van der Waals surface area contributed by atoms with Crippen molar-refractivity contribution in [1.82, 2.24) is 9.80 Å². The van der Waals surface area contributed by atoms with Crippen LogP contribution in [-0.2, 0) is 4.79 Å². The number of rotatable bonds is 5. The summed E-state index contributed by atoms with van der Waals surface area (Å²) < 4.78 is 0. The number of nitrogens with two attached hydrogens (primary N) is 1. The van der Waals surface area contributed by atoms with Crippen LogP contribution in [-0.4, -0.2) is 65.0 Å². The smallest absolute Gasteiger partial charge is 0.240 e. The van der Waals surface area contributed by atoms with Crippen molar-refractivity contribution in [1.29, 1.82) is 0 Å². The quantitative estimate of drug-likeness (QED) is 0.812. The highest BCUT2D eigenvalue weighted by molar-refractivity contribution is 7.99. The predicted molar refractivity (Wildman–Crippen MR) is 78.9 cm³/mol. The molecular formula is C13H27N3OS. The van der Waals surface area contributed by atoms with Crippen LogP contribution in [0.25, 0.3) is 0 Å². The number of amides is 1. The summed E-state index contributed by atoms with van der Waals surface area (Å²) in [5.41, 5.74) is 6.02. The minimum absolute atomic E-state index is 0.0558. The van der Waals surface area contributed by atoms with E-state index in [-0.39, 0.29) is 17.5 Å². The minimum Gasteiger partial charge on any atom is -0.338 e. The molecule has 1 aliphatic heterocycles. The van der Waals surface area contributed by atoms with Gasteiger partial charge in [-0.2, -0.15) is 11.8 Å². The van der Waals surface area contributed by atoms with Gasteiger partial charge < -0.3 is 10.6 Å². The summed E-state index contributed by atoms with van der Waals surface area (Å²) >= 11 is 1.73. The fraction of sp³-hybridized carbons (Fsp3) is 0.923. The molecule has 0 unspecified atom stereocenters. The molecule has 1 heterocycles. The predicted octanol–water partition coefficient (Wildman–Crippen LogP) is 1.01. The molecule has 0 spiro atoms. The molecule has 106 valence electrons. The molecule has 0 aliphatic carbocycles. The summed E-state index contributed by atoms with van der Waals surface area (Å²) in [5.74, 6) is 1.85. The number of likely N-dealkylation sites (N-methyl/N-ethyl adjacent to an activating group) is 1. The Balaban J connectivity index is 2.56. The zero-order chi connectivity index (χ0) is 13.8. The van der Waals surface area contributed by atoms with E-state index in [1.54, 1.807) is 11.8 Å². The van der Waals surface area contributed by atoms with E-state index in [2.05, 4.69) is 32.6 Å². The van der Waals surface area contributed by atoms with Gasteiger partial charge in [-0.05, 0) is 26.1 Å². The van der Waals surface area contributed by atoms with Crippen molar-refractivity contribution >= 4 is 17.7 Å². The molecule has 4 nitrogen and oxygen atoms in total. The van der Waals surface area contributed by atoms with Crippen LogP contribution < -0.4 is 5.73 Å². The Labute approximate surface area is 115 Å². The van der Waals surface area contributed by atoms with Crippen molar-refractivity contribution in [2.24, 2.45) is 5.73 Å². The molecule has 5 heteroatoms. The van der Waals surface area contributed by atoms with Gasteiger partial charge in [-0.1, -0.05) is 13.8 Å². The zero-order valence-electron chi connectivity index (χ0n) is 12.1. The Kier molecular flexibility index (Phi) is 5.95. The van der Waals surface area contributed by atoms with Gasteiger partial charge in [0.1, 0.15) is 0 Å². The van der Waals surface area contributed by atoms with E-state index in [4.69, 9.17) is 5.73 Å². The number of carbonyl (C=O) groups excluding carboxylic acids is 1. The lowest BCUT2D eigenvalue weighted by atomic mass is 9.98. The number of hydrogen-bond acceptors (Lipinski definition) is 4. The maximum atomic E-state index is 12.3. The van der Waals surface area contributed by atoms with Crippen LogP contribution in [0.5, 0.6) is 0 Å². The van der Waals surface area contributed by atoms with Crippen molar-refractivity contribution < 1.29 is 4.79 Å². The van der Waals surface area contributed by atoms with Crippen LogP contribution in [0.15, 0.2) is 0 Å². The lowest BCUT2D eigenvalue weighted by molar-refractivity contribution is -0.137. The number of thioether (sulfide) groups is 1. The van der Waals surface area contributed by atoms with Gasteiger partial charge in [-0.25, -0.2) is 0 Å². The third kappa shape index (κ3) is 3.87. The fourth-order valence-corrected chi connectivity index (χ4v) is 3.15. The third-order valence-electron chi connectivity index (χ3n) is 3.59. The SMILES string of the molecule is CCSC[C@H](N)C(=O)N1CCN(CC)C(C)(C)C1. The van der Waals surface area contributed by atoms with Crippen LogP contribution in [0.1, 0.15) is 27.7 Å². The van der Waals surface area contributed by atoms with Crippen molar-refractivity contribution in [2.45, 2.75) is 39.3 Å². The van der Waals surface area contributed by atoms with Gasteiger partial charge in [-0.15, -0.1) is 0 Å². The number of nitrogens with zero attached hydrogens (tertiary/aromatic N) is 2. The number of piperazine rings is 1. The summed E-state index contributed by atoms with van der Waals surface area (Å²) in [6, 6.07) is -0.348. The topological polar surface area (TPSA) is 49.6 Å². The van der Waals surface area contributed by atoms with Crippen LogP contribution in [0.3, 0.4) is 0 Å². The molecular weight excluding hydrogens is 246 g/mol. The average molecular weight is 273 g/mol. The summed E-state index contributed by atoms with van der Waals surface area (Å²) in [5, 5.41) is 0. The van der Waals surface area contributed by atoms with E-state index in [1.807, 2.05) is 4.90 Å². The Morgan fingerprint density at radius 1 is 1.39 bits per heavy atom. The number of hydrogen-bond donors (Lipinski definition) is 1. The van der Waals surface area contributed by atoms with E-state index in [0.29, 0.717) is 0 Å². The molecule has 1 rings (SSSR count). The molecule has 1 amide bonds. The molecule has 0 aromatic rings. The Morgan fingerprint density at radius 3 is 2.56 bits per heavy atom. The van der Waals surface area contributed by atoms with Gasteiger partial charge in [0.05, 0.1) is 6.04 Å². The lowest BCUT2D eigenvalue weighted by Gasteiger charge is -2.47. The first-order chi connectivity index (χ1) is 8.42. The summed E-state index contributed by atoms with van der Waals surface area (Å²) in [6.07, 6.45) is 0. The van der Waals surface area contributed by atoms with Crippen LogP contribution >= 0.6 is 11.8 Å². The Hall–Kier alpha value is -0.260. The molecule has 1 atom stereocenters. The van der Waals surface area contributed by atoms with E-state index >= 15 is 0 Å². The normalized spacial score (nSPS) is 21.9. The molecule has 1 aliphatic rings. The van der Waals surface area contributed by atoms with Crippen molar-refractivity contribution in [2.75, 3.05) is 37.7 Å². The van der Waals surface area contributed by atoms with Gasteiger partial charge in [-0.3, -0.25) is 9.69 Å². The van der Waals surface area contributed by atoms with E-state index in [0.717, 1.165) is 37.7 Å². The maximum Gasteiger partial charge on any atom is 0.240 e. The first-order valence-electron chi connectivity index (χ1n) is 6.79. The minimum atomic E-state index is -0.348. The second-order valence-corrected chi connectivity index (χ2v) is 6.74. The Morgan fingerprint density at radius 2 is 2.06 bits per heavy atom. The second kappa shape index (κ2) is 6.78. The number of carbonyl (C=O) groups is 1. The summed E-state index contributed by atoms with van der Waals surface area (Å²) in [4.78, 5) is 16.6. The fourth-order valence-electron chi connectivity index (χ4n) is 2.52. The molecule has 0 aromatic carbocycles. The maximum absolute atomic E-state index is 12.3. The van der Waals surface area contributed by atoms with E-state index < -0.39 is 0 Å². The van der Waals surface area contributed by atoms with Gasteiger partial charge in [0.25, 0.3) is 0 Å². The monoisotopic (exact) mass is 273 g/mol. The molecule has 0 saturated carbocycles. The van der Waals surface area contributed by atoms with Crippen LogP contribution in [0.2, 0.25) is 0 Å². The molecule has 0 radical (unpaired) electrons. The van der Waals surface area contributed by atoms with Crippen molar-refractivity contribution in [3.63, 3.8) is 0 Å². The van der Waals surface area contributed by atoms with Gasteiger partial charge in [0.15, 0.2) is 0 Å². The van der Waals surface area contributed by atoms with Gasteiger partial charge in [0.2, 0.25) is 5.91 Å². The van der Waals surface area contributed by atoms with Crippen LogP contribution in [0, 0.1) is 0 Å². The molecule has 1 saturated heterocycles. The largest absolute Gasteiger partial charge is 0.338 e. The van der Waals surface area contributed by atoms with E-state index in [9.17, 15) is 4.79 Å².